The molecule has 1 atom stereocenters. The van der Waals surface area contributed by atoms with Crippen LogP contribution in [-0.4, -0.2) is 30.0 Å². The lowest BCUT2D eigenvalue weighted by molar-refractivity contribution is -0.139. The van der Waals surface area contributed by atoms with E-state index < -0.39 is 0 Å². The van der Waals surface area contributed by atoms with Crippen LogP contribution in [0.15, 0.2) is 29.6 Å². The second kappa shape index (κ2) is 6.89. The third-order valence-electron chi connectivity index (χ3n) is 3.73. The van der Waals surface area contributed by atoms with Crippen molar-refractivity contribution < 1.29 is 14.3 Å². The quantitative estimate of drug-likeness (QED) is 0.830. The molecule has 2 aromatic rings. The van der Waals surface area contributed by atoms with Gasteiger partial charge < -0.3 is 15.4 Å². The zero-order valence-corrected chi connectivity index (χ0v) is 13.5. The Bertz CT molecular complexity index is 729. The van der Waals surface area contributed by atoms with E-state index in [1.165, 1.54) is 29.6 Å². The second-order valence-electron chi connectivity index (χ2n) is 5.29. The third-order valence-corrected chi connectivity index (χ3v) is 4.54. The monoisotopic (exact) mass is 331 g/mol. The Morgan fingerprint density at radius 2 is 2.17 bits per heavy atom. The van der Waals surface area contributed by atoms with Gasteiger partial charge in [0.1, 0.15) is 0 Å². The van der Waals surface area contributed by atoms with Crippen molar-refractivity contribution in [3.63, 3.8) is 0 Å². The summed E-state index contributed by atoms with van der Waals surface area (Å²) in [6.45, 7) is 0.680. The lowest BCUT2D eigenvalue weighted by Gasteiger charge is -2.24. The molecule has 6 nitrogen and oxygen atoms in total. The molecule has 0 saturated carbocycles. The lowest BCUT2D eigenvalue weighted by Crippen LogP contribution is -2.44. The third kappa shape index (κ3) is 3.75. The van der Waals surface area contributed by atoms with Gasteiger partial charge in [0.15, 0.2) is 5.13 Å². The highest BCUT2D eigenvalue weighted by Gasteiger charge is 2.24. The fourth-order valence-corrected chi connectivity index (χ4v) is 3.21. The highest BCUT2D eigenvalue weighted by atomic mass is 32.1. The number of esters is 1. The Balaban J connectivity index is 1.61. The average molecular weight is 331 g/mol. The van der Waals surface area contributed by atoms with E-state index in [0.29, 0.717) is 23.8 Å². The summed E-state index contributed by atoms with van der Waals surface area (Å²) in [7, 11) is 1.34. The molecule has 2 heterocycles. The van der Waals surface area contributed by atoms with Crippen LogP contribution < -0.4 is 10.6 Å². The first kappa shape index (κ1) is 15.6. The maximum absolute atomic E-state index is 12.4. The molecule has 1 aromatic carbocycles. The first-order valence-electron chi connectivity index (χ1n) is 7.28. The maximum Gasteiger partial charge on any atom is 0.311 e. The summed E-state index contributed by atoms with van der Waals surface area (Å²) in [6.07, 6.45) is 0.764. The molecule has 0 bridgehead atoms. The van der Waals surface area contributed by atoms with Gasteiger partial charge in [-0.05, 0) is 17.5 Å². The summed E-state index contributed by atoms with van der Waals surface area (Å²) in [5.74, 6) is -0.461. The normalized spacial score (nSPS) is 16.5. The van der Waals surface area contributed by atoms with Crippen LogP contribution in [-0.2, 0) is 33.7 Å². The van der Waals surface area contributed by atoms with Crippen molar-refractivity contribution in [2.75, 3.05) is 12.4 Å². The summed E-state index contributed by atoms with van der Waals surface area (Å²) in [5, 5.41) is 8.28. The molecule has 2 N–H and O–H groups in total. The van der Waals surface area contributed by atoms with E-state index in [2.05, 4.69) is 26.4 Å². The number of methoxy groups -OCH3 is 1. The van der Waals surface area contributed by atoms with E-state index in [9.17, 15) is 9.59 Å². The van der Waals surface area contributed by atoms with Gasteiger partial charge in [-0.15, -0.1) is 11.3 Å². The lowest BCUT2D eigenvalue weighted by atomic mass is 9.95. The molecule has 0 saturated heterocycles. The number of hydrogen-bond donors (Lipinski definition) is 2. The van der Waals surface area contributed by atoms with Crippen molar-refractivity contribution in [2.45, 2.75) is 25.4 Å². The Morgan fingerprint density at radius 3 is 2.96 bits per heavy atom. The molecular formula is C16H17N3O3S. The van der Waals surface area contributed by atoms with Gasteiger partial charge in [0.05, 0.1) is 25.3 Å². The number of hydrogen-bond acceptors (Lipinski definition) is 6. The standard InChI is InChI=1S/C16H17N3O3S/c1-22-14(20)7-12-9-23-16(18-12)19-15(21)13-6-10-4-2-3-5-11(10)8-17-13/h2-5,9,13,17H,6-8H2,1H3,(H,18,19,21). The van der Waals surface area contributed by atoms with Crippen LogP contribution >= 0.6 is 11.3 Å². The number of carbonyl (C=O) groups excluding carboxylic acids is 2. The van der Waals surface area contributed by atoms with Crippen LogP contribution in [0, 0.1) is 0 Å². The molecule has 1 aliphatic rings. The predicted octanol–water partition coefficient (Wildman–Crippen LogP) is 1.51. The number of ether oxygens (including phenoxy) is 1. The summed E-state index contributed by atoms with van der Waals surface area (Å²) in [5.41, 5.74) is 3.02. The highest BCUT2D eigenvalue weighted by Crippen LogP contribution is 2.19. The molecule has 7 heteroatoms. The number of nitrogens with zero attached hydrogens (tertiary/aromatic N) is 1. The van der Waals surface area contributed by atoms with Crippen LogP contribution in [0.2, 0.25) is 0 Å². The van der Waals surface area contributed by atoms with E-state index in [0.717, 1.165) is 0 Å². The topological polar surface area (TPSA) is 80.3 Å². The van der Waals surface area contributed by atoms with Gasteiger partial charge >= 0.3 is 5.97 Å². The summed E-state index contributed by atoms with van der Waals surface area (Å²) in [6, 6.07) is 7.82. The Kier molecular flexibility index (Phi) is 4.68. The predicted molar refractivity (Wildman–Crippen MR) is 87.2 cm³/mol. The molecule has 1 amide bonds. The largest absolute Gasteiger partial charge is 0.469 e. The Morgan fingerprint density at radius 1 is 1.39 bits per heavy atom. The first-order valence-corrected chi connectivity index (χ1v) is 8.16. The van der Waals surface area contributed by atoms with E-state index in [1.54, 1.807) is 5.38 Å². The van der Waals surface area contributed by atoms with Gasteiger partial charge in [-0.25, -0.2) is 4.98 Å². The first-order chi connectivity index (χ1) is 11.2. The molecule has 120 valence electrons. The summed E-state index contributed by atoms with van der Waals surface area (Å²) < 4.78 is 4.60. The van der Waals surface area contributed by atoms with Crippen LogP contribution in [0.4, 0.5) is 5.13 Å². The number of thiazole rings is 1. The van der Waals surface area contributed by atoms with Gasteiger partial charge in [0.25, 0.3) is 0 Å². The van der Waals surface area contributed by atoms with E-state index in [1.807, 2.05) is 18.2 Å². The minimum absolute atomic E-state index is 0.109. The van der Waals surface area contributed by atoms with Crippen LogP contribution in [0.5, 0.6) is 0 Å². The molecule has 0 fully saturated rings. The summed E-state index contributed by atoms with van der Waals surface area (Å²) in [4.78, 5) is 27.8. The molecule has 0 spiro atoms. The van der Waals surface area contributed by atoms with Gasteiger partial charge in [0.2, 0.25) is 5.91 Å². The Hall–Kier alpha value is -2.25. The fraction of sp³-hybridized carbons (Fsp3) is 0.312. The number of carbonyl (C=O) groups is 2. The number of aromatic nitrogens is 1. The Labute approximate surface area is 137 Å². The van der Waals surface area contributed by atoms with Crippen LogP contribution in [0.1, 0.15) is 16.8 Å². The molecular weight excluding hydrogens is 314 g/mol. The minimum Gasteiger partial charge on any atom is -0.469 e. The van der Waals surface area contributed by atoms with E-state index >= 15 is 0 Å². The number of anilines is 1. The average Bonchev–Trinajstić information content (AvgIpc) is 3.01. The van der Waals surface area contributed by atoms with Gasteiger partial charge in [-0.1, -0.05) is 24.3 Å². The second-order valence-corrected chi connectivity index (χ2v) is 6.15. The molecule has 1 aromatic heterocycles. The molecule has 3 rings (SSSR count). The van der Waals surface area contributed by atoms with Crippen molar-refractivity contribution >= 4 is 28.3 Å². The molecule has 0 radical (unpaired) electrons. The highest BCUT2D eigenvalue weighted by molar-refractivity contribution is 7.13. The van der Waals surface area contributed by atoms with Crippen LogP contribution in [0.3, 0.4) is 0 Å². The summed E-state index contributed by atoms with van der Waals surface area (Å²) >= 11 is 1.30. The van der Waals surface area contributed by atoms with Gasteiger partial charge in [-0.3, -0.25) is 9.59 Å². The van der Waals surface area contributed by atoms with Crippen LogP contribution in [0.25, 0.3) is 0 Å². The number of amides is 1. The minimum atomic E-state index is -0.348. The molecule has 23 heavy (non-hydrogen) atoms. The van der Waals surface area contributed by atoms with Crippen molar-refractivity contribution in [1.29, 1.82) is 0 Å². The molecule has 0 aliphatic carbocycles. The van der Waals surface area contributed by atoms with E-state index in [-0.39, 0.29) is 24.3 Å². The number of nitrogens with one attached hydrogen (secondary N) is 2. The zero-order valence-electron chi connectivity index (χ0n) is 12.7. The molecule has 1 aliphatic heterocycles. The zero-order chi connectivity index (χ0) is 16.2. The number of fused-ring (bicyclic) bond motifs is 1. The van der Waals surface area contributed by atoms with Gasteiger partial charge in [-0.2, -0.15) is 0 Å². The smallest absolute Gasteiger partial charge is 0.311 e. The van der Waals surface area contributed by atoms with Gasteiger partial charge in [0, 0.05) is 11.9 Å². The van der Waals surface area contributed by atoms with Crippen molar-refractivity contribution in [3.05, 3.63) is 46.5 Å². The van der Waals surface area contributed by atoms with Crippen molar-refractivity contribution in [2.24, 2.45) is 0 Å². The number of benzene rings is 1. The van der Waals surface area contributed by atoms with E-state index in [4.69, 9.17) is 0 Å². The van der Waals surface area contributed by atoms with Crippen molar-refractivity contribution in [1.82, 2.24) is 10.3 Å². The maximum atomic E-state index is 12.4. The fourth-order valence-electron chi connectivity index (χ4n) is 2.50. The SMILES string of the molecule is COC(=O)Cc1csc(NC(=O)C2Cc3ccccc3CN2)n1. The number of rotatable bonds is 4. The molecule has 1 unspecified atom stereocenters. The van der Waals surface area contributed by atoms with Crippen molar-refractivity contribution in [3.8, 4) is 0 Å².